The molecule has 2 nitrogen and oxygen atoms in total. The first-order valence-electron chi connectivity index (χ1n) is 3.84. The Balaban J connectivity index is 3.20. The Bertz CT molecular complexity index is 453. The second-order valence-electron chi connectivity index (χ2n) is 2.89. The predicted octanol–water partition coefficient (Wildman–Crippen LogP) is 1.91. The lowest BCUT2D eigenvalue weighted by atomic mass is 10.4. The van der Waals surface area contributed by atoms with Gasteiger partial charge in [-0.2, -0.15) is 13.2 Å². The van der Waals surface area contributed by atoms with Crippen LogP contribution in [0.3, 0.4) is 0 Å². The van der Waals surface area contributed by atoms with Gasteiger partial charge in [0.1, 0.15) is 0 Å². The Morgan fingerprint density at radius 1 is 1.20 bits per heavy atom. The molecule has 0 spiro atoms. The van der Waals surface area contributed by atoms with E-state index in [1.165, 1.54) is 24.3 Å². The van der Waals surface area contributed by atoms with Gasteiger partial charge < -0.3 is 0 Å². The van der Waals surface area contributed by atoms with Crippen LogP contribution >= 0.6 is 8.58 Å². The summed E-state index contributed by atoms with van der Waals surface area (Å²) in [6.45, 7) is 0. The molecule has 0 saturated carbocycles. The van der Waals surface area contributed by atoms with Crippen molar-refractivity contribution in [3.63, 3.8) is 0 Å². The minimum Gasteiger partial charge on any atom is -0.224 e. The molecule has 1 atom stereocenters. The Hall–Kier alpha value is -0.610. The maximum absolute atomic E-state index is 12.1. The van der Waals surface area contributed by atoms with Crippen LogP contribution < -0.4 is 5.30 Å². The average molecular weight is 256 g/mol. The molecule has 1 unspecified atom stereocenters. The maximum atomic E-state index is 12.1. The fourth-order valence-electron chi connectivity index (χ4n) is 1.05. The zero-order chi connectivity index (χ0) is 11.7. The molecule has 0 amide bonds. The second-order valence-corrected chi connectivity index (χ2v) is 6.23. The van der Waals surface area contributed by atoms with Crippen molar-refractivity contribution in [2.45, 2.75) is 10.8 Å². The Morgan fingerprint density at radius 3 is 2.20 bits per heavy atom. The lowest BCUT2D eigenvalue weighted by Gasteiger charge is -2.09. The molecule has 0 bridgehead atoms. The predicted molar refractivity (Wildman–Crippen MR) is 53.6 cm³/mol. The summed E-state index contributed by atoms with van der Waals surface area (Å²) in [5.41, 5.74) is 0. The zero-order valence-corrected chi connectivity index (χ0v) is 9.48. The number of halogens is 3. The molecule has 0 aliphatic heterocycles. The van der Waals surface area contributed by atoms with E-state index < -0.39 is 24.3 Å². The van der Waals surface area contributed by atoms with Gasteiger partial charge in [0.25, 0.3) is 0 Å². The third-order valence-corrected chi connectivity index (χ3v) is 3.89. The number of hydrogen-bond acceptors (Lipinski definition) is 2. The molecular weight excluding hydrogens is 248 g/mol. The monoisotopic (exact) mass is 256 g/mol. The summed E-state index contributed by atoms with van der Waals surface area (Å²) in [4.78, 5) is -0.249. The lowest BCUT2D eigenvalue weighted by Crippen LogP contribution is -2.14. The number of hydrogen-bond donors (Lipinski definition) is 0. The fraction of sp³-hybridized carbons (Fsp3) is 0.250. The van der Waals surface area contributed by atoms with Gasteiger partial charge in [-0.15, -0.1) is 0 Å². The van der Waals surface area contributed by atoms with Gasteiger partial charge in [0.2, 0.25) is 0 Å². The average Bonchev–Trinajstić information content (AvgIpc) is 1.99. The van der Waals surface area contributed by atoms with Crippen molar-refractivity contribution in [1.82, 2.24) is 0 Å². The van der Waals surface area contributed by atoms with Crippen molar-refractivity contribution in [3.8, 4) is 0 Å². The van der Waals surface area contributed by atoms with Crippen molar-refractivity contribution >= 4 is 23.7 Å². The highest BCUT2D eigenvalue weighted by Crippen LogP contribution is 2.37. The Morgan fingerprint density at radius 2 is 1.73 bits per heavy atom. The Labute approximate surface area is 87.2 Å². The first-order chi connectivity index (χ1) is 6.70. The fourth-order valence-corrected chi connectivity index (χ4v) is 3.24. The molecule has 1 aromatic rings. The van der Waals surface area contributed by atoms with Gasteiger partial charge in [0.15, 0.2) is 9.84 Å². The van der Waals surface area contributed by atoms with Crippen molar-refractivity contribution in [2.24, 2.45) is 0 Å². The normalized spacial score (nSPS) is 13.6. The van der Waals surface area contributed by atoms with Crippen LogP contribution in [0, 0.1) is 0 Å². The SMILES string of the molecule is CS(=O)(=O)c1ccccc1PC(F)(F)F. The summed E-state index contributed by atoms with van der Waals surface area (Å²) in [6, 6.07) is 5.16. The van der Waals surface area contributed by atoms with Crippen molar-refractivity contribution in [2.75, 3.05) is 6.26 Å². The summed E-state index contributed by atoms with van der Waals surface area (Å²) in [7, 11) is -5.09. The molecule has 1 rings (SSSR count). The van der Waals surface area contributed by atoms with E-state index in [0.717, 1.165) is 6.26 Å². The van der Waals surface area contributed by atoms with Crippen LogP contribution in [-0.4, -0.2) is 20.6 Å². The molecular formula is C8H8F3O2PS. The van der Waals surface area contributed by atoms with Gasteiger partial charge in [-0.25, -0.2) is 8.42 Å². The molecule has 84 valence electrons. The summed E-state index contributed by atoms with van der Waals surface area (Å²) >= 11 is 0. The number of alkyl halides is 3. The molecule has 0 N–H and O–H groups in total. The van der Waals surface area contributed by atoms with E-state index in [4.69, 9.17) is 0 Å². The van der Waals surface area contributed by atoms with Crippen LogP contribution in [0.25, 0.3) is 0 Å². The zero-order valence-electron chi connectivity index (χ0n) is 7.67. The molecule has 1 aromatic carbocycles. The summed E-state index contributed by atoms with van der Waals surface area (Å²) < 4.78 is 58.7. The van der Waals surface area contributed by atoms with Gasteiger partial charge in [-0.05, 0) is 6.07 Å². The quantitative estimate of drug-likeness (QED) is 0.757. The largest absolute Gasteiger partial charge is 0.406 e. The third-order valence-electron chi connectivity index (χ3n) is 1.56. The highest BCUT2D eigenvalue weighted by atomic mass is 32.2. The van der Waals surface area contributed by atoms with Crippen LogP contribution in [0.2, 0.25) is 0 Å². The van der Waals surface area contributed by atoms with E-state index in [0.29, 0.717) is 0 Å². The van der Waals surface area contributed by atoms with Crippen molar-refractivity contribution < 1.29 is 21.6 Å². The van der Waals surface area contributed by atoms with E-state index in [9.17, 15) is 21.6 Å². The van der Waals surface area contributed by atoms with Crippen LogP contribution in [0.15, 0.2) is 29.2 Å². The topological polar surface area (TPSA) is 34.1 Å². The van der Waals surface area contributed by atoms with Gasteiger partial charge >= 0.3 is 5.92 Å². The highest BCUT2D eigenvalue weighted by molar-refractivity contribution is 7.91. The van der Waals surface area contributed by atoms with Gasteiger partial charge in [-0.1, -0.05) is 18.2 Å². The van der Waals surface area contributed by atoms with Crippen LogP contribution in [0.1, 0.15) is 0 Å². The minimum atomic E-state index is -4.37. The molecule has 0 heterocycles. The van der Waals surface area contributed by atoms with E-state index in [1.54, 1.807) is 0 Å². The van der Waals surface area contributed by atoms with Crippen molar-refractivity contribution in [3.05, 3.63) is 24.3 Å². The Kier molecular flexibility index (Phi) is 3.41. The molecule has 0 aliphatic rings. The second kappa shape index (κ2) is 4.10. The first kappa shape index (κ1) is 12.5. The van der Waals surface area contributed by atoms with E-state index in [2.05, 4.69) is 0 Å². The van der Waals surface area contributed by atoms with Crippen LogP contribution in [-0.2, 0) is 9.84 Å². The molecule has 0 saturated heterocycles. The van der Waals surface area contributed by atoms with E-state index in [-0.39, 0.29) is 10.2 Å². The standard InChI is InChI=1S/C8H8F3O2PS/c1-15(12,13)7-5-3-2-4-6(7)14-8(9,10)11/h2-5,14H,1H3. The minimum absolute atomic E-state index is 0.187. The molecule has 15 heavy (non-hydrogen) atoms. The summed E-state index contributed by atoms with van der Waals surface area (Å²) in [5.74, 6) is -4.37. The van der Waals surface area contributed by atoms with Gasteiger partial charge in [-0.3, -0.25) is 0 Å². The summed E-state index contributed by atoms with van der Waals surface area (Å²) in [5, 5.41) is -0.187. The maximum Gasteiger partial charge on any atom is 0.406 e. The van der Waals surface area contributed by atoms with Crippen LogP contribution in [0.4, 0.5) is 13.2 Å². The number of sulfone groups is 1. The molecule has 0 radical (unpaired) electrons. The molecule has 0 aromatic heterocycles. The molecule has 0 aliphatic carbocycles. The molecule has 0 fully saturated rings. The van der Waals surface area contributed by atoms with E-state index in [1.807, 2.05) is 0 Å². The number of benzene rings is 1. The third kappa shape index (κ3) is 3.80. The summed E-state index contributed by atoms with van der Waals surface area (Å²) in [6.07, 6.45) is 0.896. The lowest BCUT2D eigenvalue weighted by molar-refractivity contribution is -0.0360. The van der Waals surface area contributed by atoms with Gasteiger partial charge in [0.05, 0.1) is 4.90 Å². The highest BCUT2D eigenvalue weighted by Gasteiger charge is 2.30. The smallest absolute Gasteiger partial charge is 0.224 e. The van der Waals surface area contributed by atoms with E-state index >= 15 is 0 Å². The van der Waals surface area contributed by atoms with Crippen LogP contribution in [0.5, 0.6) is 0 Å². The van der Waals surface area contributed by atoms with Gasteiger partial charge in [0, 0.05) is 20.1 Å². The van der Waals surface area contributed by atoms with Crippen molar-refractivity contribution in [1.29, 1.82) is 0 Å². The molecule has 7 heteroatoms. The number of rotatable bonds is 2. The first-order valence-corrected chi connectivity index (χ1v) is 6.73.